The van der Waals surface area contributed by atoms with E-state index < -0.39 is 10.0 Å². The minimum Gasteiger partial charge on any atom is -0.490 e. The molecular weight excluding hydrogens is 472 g/mol. The van der Waals surface area contributed by atoms with Crippen LogP contribution in [0.1, 0.15) is 18.7 Å². The van der Waals surface area contributed by atoms with Gasteiger partial charge in [0.25, 0.3) is 0 Å². The summed E-state index contributed by atoms with van der Waals surface area (Å²) in [4.78, 5) is 18.9. The number of benzene rings is 2. The van der Waals surface area contributed by atoms with Gasteiger partial charge in [-0.25, -0.2) is 8.42 Å². The maximum Gasteiger partial charge on any atom is 0.243 e. The van der Waals surface area contributed by atoms with E-state index in [0.717, 1.165) is 12.0 Å². The van der Waals surface area contributed by atoms with Crippen molar-refractivity contribution in [3.8, 4) is 22.9 Å². The second kappa shape index (κ2) is 10.0. The molecule has 2 aromatic carbocycles. The minimum absolute atomic E-state index is 0.0721. The topological polar surface area (TPSA) is 115 Å². The number of aryl methyl sites for hydroxylation is 1. The summed E-state index contributed by atoms with van der Waals surface area (Å²) in [6, 6.07) is 14.2. The van der Waals surface area contributed by atoms with Crippen LogP contribution in [0.3, 0.4) is 0 Å². The number of amides is 1. The number of carbonyl (C=O) groups is 1. The standard InChI is InChI=1S/C24H26N4O6S/c29-23(10-9-22-25-24(26-34-22)18-5-2-1-3-6-18)27-11-13-28(14-12-27)35(30,31)19-7-8-20-21(17-19)33-16-4-15-32-20/h1-3,5-8,17H,4,9-16H2. The van der Waals surface area contributed by atoms with E-state index in [1.54, 1.807) is 11.0 Å². The van der Waals surface area contributed by atoms with Gasteiger partial charge >= 0.3 is 0 Å². The van der Waals surface area contributed by atoms with Gasteiger partial charge in [-0.15, -0.1) is 0 Å². The summed E-state index contributed by atoms with van der Waals surface area (Å²) in [5, 5.41) is 3.97. The van der Waals surface area contributed by atoms with Crippen molar-refractivity contribution >= 4 is 15.9 Å². The number of ether oxygens (including phenoxy) is 2. The monoisotopic (exact) mass is 498 g/mol. The number of sulfonamides is 1. The molecule has 2 aliphatic heterocycles. The van der Waals surface area contributed by atoms with Gasteiger partial charge in [-0.3, -0.25) is 4.79 Å². The third-order valence-corrected chi connectivity index (χ3v) is 7.90. The van der Waals surface area contributed by atoms with Crippen molar-refractivity contribution in [2.45, 2.75) is 24.2 Å². The van der Waals surface area contributed by atoms with Gasteiger partial charge in [-0.2, -0.15) is 9.29 Å². The van der Waals surface area contributed by atoms with Gasteiger partial charge in [0, 0.05) is 57.1 Å². The molecule has 35 heavy (non-hydrogen) atoms. The predicted octanol–water partition coefficient (Wildman–Crippen LogP) is 2.36. The van der Waals surface area contributed by atoms with Gasteiger partial charge in [0.1, 0.15) is 0 Å². The van der Waals surface area contributed by atoms with Gasteiger partial charge < -0.3 is 18.9 Å². The molecule has 1 amide bonds. The Morgan fingerprint density at radius 2 is 1.69 bits per heavy atom. The molecule has 1 saturated heterocycles. The Kier molecular flexibility index (Phi) is 6.69. The van der Waals surface area contributed by atoms with Gasteiger partial charge in [0.2, 0.25) is 27.6 Å². The van der Waals surface area contributed by atoms with Crippen LogP contribution in [0.2, 0.25) is 0 Å². The Balaban J connectivity index is 1.15. The number of hydrogen-bond acceptors (Lipinski definition) is 8. The van der Waals surface area contributed by atoms with Gasteiger partial charge in [0.05, 0.1) is 18.1 Å². The third kappa shape index (κ3) is 5.15. The highest BCUT2D eigenvalue weighted by Gasteiger charge is 2.31. The Morgan fingerprint density at radius 1 is 0.943 bits per heavy atom. The molecule has 11 heteroatoms. The maximum absolute atomic E-state index is 13.2. The van der Waals surface area contributed by atoms with Crippen LogP contribution in [-0.4, -0.2) is 73.1 Å². The van der Waals surface area contributed by atoms with Crippen molar-refractivity contribution in [2.75, 3.05) is 39.4 Å². The average molecular weight is 499 g/mol. The normalized spacial score (nSPS) is 16.6. The number of aromatic nitrogens is 2. The van der Waals surface area contributed by atoms with E-state index in [1.807, 2.05) is 30.3 Å². The molecule has 0 bridgehead atoms. The zero-order chi connectivity index (χ0) is 24.3. The lowest BCUT2D eigenvalue weighted by Gasteiger charge is -2.34. The number of piperazine rings is 1. The third-order valence-electron chi connectivity index (χ3n) is 6.00. The van der Waals surface area contributed by atoms with E-state index in [9.17, 15) is 13.2 Å². The zero-order valence-corrected chi connectivity index (χ0v) is 19.9. The van der Waals surface area contributed by atoms with E-state index >= 15 is 0 Å². The average Bonchev–Trinajstić information content (AvgIpc) is 3.25. The van der Waals surface area contributed by atoms with Crippen LogP contribution in [-0.2, 0) is 21.2 Å². The van der Waals surface area contributed by atoms with Crippen molar-refractivity contribution in [3.05, 3.63) is 54.4 Å². The maximum atomic E-state index is 13.2. The summed E-state index contributed by atoms with van der Waals surface area (Å²) < 4.78 is 44.2. The number of carbonyl (C=O) groups excluding carboxylic acids is 1. The first-order valence-electron chi connectivity index (χ1n) is 11.6. The largest absolute Gasteiger partial charge is 0.490 e. The van der Waals surface area contributed by atoms with E-state index in [2.05, 4.69) is 10.1 Å². The van der Waals surface area contributed by atoms with Crippen molar-refractivity contribution in [1.82, 2.24) is 19.3 Å². The second-order valence-corrected chi connectivity index (χ2v) is 10.3. The Labute approximate surface area is 203 Å². The molecule has 0 N–H and O–H groups in total. The van der Waals surface area contributed by atoms with E-state index in [-0.39, 0.29) is 30.3 Å². The lowest BCUT2D eigenvalue weighted by atomic mass is 10.2. The molecule has 1 aromatic heterocycles. The van der Waals surface area contributed by atoms with Crippen LogP contribution >= 0.6 is 0 Å². The lowest BCUT2D eigenvalue weighted by Crippen LogP contribution is -2.50. The highest BCUT2D eigenvalue weighted by Crippen LogP contribution is 2.33. The Morgan fingerprint density at radius 3 is 2.46 bits per heavy atom. The smallest absolute Gasteiger partial charge is 0.243 e. The molecule has 0 unspecified atom stereocenters. The molecule has 0 aliphatic carbocycles. The summed E-state index contributed by atoms with van der Waals surface area (Å²) in [6.07, 6.45) is 1.28. The Hall–Kier alpha value is -3.44. The molecule has 2 aliphatic rings. The fourth-order valence-corrected chi connectivity index (χ4v) is 5.50. The first kappa shape index (κ1) is 23.3. The van der Waals surface area contributed by atoms with Crippen molar-refractivity contribution in [3.63, 3.8) is 0 Å². The number of nitrogens with zero attached hydrogens (tertiary/aromatic N) is 4. The van der Waals surface area contributed by atoms with Crippen molar-refractivity contribution < 1.29 is 27.2 Å². The summed E-state index contributed by atoms with van der Waals surface area (Å²) in [7, 11) is -3.71. The lowest BCUT2D eigenvalue weighted by molar-refractivity contribution is -0.132. The summed E-state index contributed by atoms with van der Waals surface area (Å²) in [6.45, 7) is 2.11. The van der Waals surface area contributed by atoms with Crippen LogP contribution in [0.5, 0.6) is 11.5 Å². The van der Waals surface area contributed by atoms with Gasteiger partial charge in [-0.1, -0.05) is 35.5 Å². The quantitative estimate of drug-likeness (QED) is 0.509. The fraction of sp³-hybridized carbons (Fsp3) is 0.375. The highest BCUT2D eigenvalue weighted by atomic mass is 32.2. The van der Waals surface area contributed by atoms with Crippen LogP contribution in [0.25, 0.3) is 11.4 Å². The molecule has 0 atom stereocenters. The van der Waals surface area contributed by atoms with Gasteiger partial charge in [-0.05, 0) is 12.1 Å². The molecule has 1 fully saturated rings. The van der Waals surface area contributed by atoms with Crippen LogP contribution < -0.4 is 9.47 Å². The van der Waals surface area contributed by atoms with Gasteiger partial charge in [0.15, 0.2) is 11.5 Å². The minimum atomic E-state index is -3.71. The number of rotatable bonds is 6. The van der Waals surface area contributed by atoms with Crippen LogP contribution in [0.4, 0.5) is 0 Å². The summed E-state index contributed by atoms with van der Waals surface area (Å²) in [5.41, 5.74) is 0.847. The SMILES string of the molecule is O=C(CCc1nc(-c2ccccc2)no1)N1CCN(S(=O)(=O)c2ccc3c(c2)OCCCO3)CC1. The number of fused-ring (bicyclic) bond motifs is 1. The van der Waals surface area contributed by atoms with Crippen LogP contribution in [0.15, 0.2) is 57.9 Å². The molecule has 5 rings (SSSR count). The predicted molar refractivity (Wildman–Crippen MR) is 125 cm³/mol. The molecule has 0 spiro atoms. The van der Waals surface area contributed by atoms with Crippen molar-refractivity contribution in [2.24, 2.45) is 0 Å². The first-order valence-corrected chi connectivity index (χ1v) is 13.0. The van der Waals surface area contributed by atoms with E-state index in [0.29, 0.717) is 55.9 Å². The number of hydrogen-bond donors (Lipinski definition) is 0. The molecular formula is C24H26N4O6S. The van der Waals surface area contributed by atoms with Crippen LogP contribution in [0, 0.1) is 0 Å². The molecule has 184 valence electrons. The van der Waals surface area contributed by atoms with E-state index in [1.165, 1.54) is 16.4 Å². The molecule has 3 heterocycles. The summed E-state index contributed by atoms with van der Waals surface area (Å²) >= 11 is 0. The summed E-state index contributed by atoms with van der Waals surface area (Å²) in [5.74, 6) is 1.80. The molecule has 0 saturated carbocycles. The van der Waals surface area contributed by atoms with Crippen molar-refractivity contribution in [1.29, 1.82) is 0 Å². The molecule has 3 aromatic rings. The first-order chi connectivity index (χ1) is 17.0. The molecule has 0 radical (unpaired) electrons. The second-order valence-electron chi connectivity index (χ2n) is 8.32. The van der Waals surface area contributed by atoms with E-state index in [4.69, 9.17) is 14.0 Å². The fourth-order valence-electron chi connectivity index (χ4n) is 4.06. The zero-order valence-electron chi connectivity index (χ0n) is 19.1. The molecule has 10 nitrogen and oxygen atoms in total. The highest BCUT2D eigenvalue weighted by molar-refractivity contribution is 7.89. The Bertz CT molecular complexity index is 1290.